The number of ether oxygens (including phenoxy) is 3. The van der Waals surface area contributed by atoms with E-state index in [0.717, 1.165) is 32.1 Å². The van der Waals surface area contributed by atoms with Gasteiger partial charge in [0.25, 0.3) is 0 Å². The van der Waals surface area contributed by atoms with Gasteiger partial charge in [-0.15, -0.1) is 0 Å². The van der Waals surface area contributed by atoms with Crippen molar-refractivity contribution in [2.75, 3.05) is 47.6 Å². The number of nitrogens with two attached hydrogens (primary N) is 1. The van der Waals surface area contributed by atoms with Crippen LogP contribution >= 0.6 is 0 Å². The molecule has 0 heterocycles. The van der Waals surface area contributed by atoms with E-state index in [9.17, 15) is 0 Å². The number of methoxy groups -OCH3 is 2. The number of nitrogens with zero attached hydrogens (tertiary/aromatic N) is 1. The van der Waals surface area contributed by atoms with Gasteiger partial charge in [0.15, 0.2) is 6.29 Å². The molecule has 114 valence electrons. The summed E-state index contributed by atoms with van der Waals surface area (Å²) in [7, 11) is 5.39. The Morgan fingerprint density at radius 1 is 1.32 bits per heavy atom. The molecule has 2 N–H and O–H groups in total. The SMILES string of the molecule is COC(CC(C)(CN)N(C)CCOCC1CC1)OC. The van der Waals surface area contributed by atoms with Gasteiger partial charge in [-0.1, -0.05) is 0 Å². The van der Waals surface area contributed by atoms with E-state index in [4.69, 9.17) is 19.9 Å². The fourth-order valence-corrected chi connectivity index (χ4v) is 2.02. The van der Waals surface area contributed by atoms with Gasteiger partial charge in [-0.25, -0.2) is 0 Å². The summed E-state index contributed by atoms with van der Waals surface area (Å²) in [5.74, 6) is 0.817. The molecule has 0 bridgehead atoms. The Kier molecular flexibility index (Phi) is 7.25. The van der Waals surface area contributed by atoms with E-state index in [-0.39, 0.29) is 11.8 Å². The maximum atomic E-state index is 5.93. The minimum atomic E-state index is -0.219. The monoisotopic (exact) mass is 274 g/mol. The van der Waals surface area contributed by atoms with Crippen molar-refractivity contribution in [3.8, 4) is 0 Å². The summed E-state index contributed by atoms with van der Waals surface area (Å²) in [5.41, 5.74) is 5.80. The van der Waals surface area contributed by atoms with E-state index in [1.165, 1.54) is 12.8 Å². The zero-order valence-electron chi connectivity index (χ0n) is 12.9. The van der Waals surface area contributed by atoms with Crippen LogP contribution in [0.2, 0.25) is 0 Å². The molecule has 5 heteroatoms. The lowest BCUT2D eigenvalue weighted by Gasteiger charge is -2.39. The zero-order valence-corrected chi connectivity index (χ0v) is 12.9. The van der Waals surface area contributed by atoms with Crippen LogP contribution in [0.15, 0.2) is 0 Å². The summed E-state index contributed by atoms with van der Waals surface area (Å²) in [5, 5.41) is 0. The van der Waals surface area contributed by atoms with Gasteiger partial charge in [0, 0.05) is 45.9 Å². The zero-order chi connectivity index (χ0) is 14.3. The highest BCUT2D eigenvalue weighted by atomic mass is 16.7. The second-order valence-electron chi connectivity index (χ2n) is 5.75. The molecule has 5 nitrogen and oxygen atoms in total. The topological polar surface area (TPSA) is 57.0 Å². The Bertz CT molecular complexity index is 245. The Balaban J connectivity index is 2.31. The van der Waals surface area contributed by atoms with Crippen LogP contribution in [0.25, 0.3) is 0 Å². The second kappa shape index (κ2) is 8.17. The molecule has 1 fully saturated rings. The summed E-state index contributed by atoms with van der Waals surface area (Å²) < 4.78 is 16.2. The van der Waals surface area contributed by atoms with E-state index < -0.39 is 0 Å². The van der Waals surface area contributed by atoms with Crippen molar-refractivity contribution in [2.24, 2.45) is 11.7 Å². The van der Waals surface area contributed by atoms with Gasteiger partial charge in [-0.3, -0.25) is 4.90 Å². The van der Waals surface area contributed by atoms with Crippen LogP contribution in [0.4, 0.5) is 0 Å². The van der Waals surface area contributed by atoms with Crippen LogP contribution < -0.4 is 5.73 Å². The van der Waals surface area contributed by atoms with Crippen molar-refractivity contribution in [1.29, 1.82) is 0 Å². The normalized spacial score (nSPS) is 19.1. The third kappa shape index (κ3) is 5.75. The lowest BCUT2D eigenvalue weighted by Crippen LogP contribution is -2.53. The van der Waals surface area contributed by atoms with Crippen molar-refractivity contribution in [3.63, 3.8) is 0 Å². The molecule has 1 aliphatic rings. The first kappa shape index (κ1) is 16.9. The molecular formula is C14H30N2O3. The Hall–Kier alpha value is -0.200. The van der Waals surface area contributed by atoms with E-state index >= 15 is 0 Å². The number of likely N-dealkylation sites (N-methyl/N-ethyl adjacent to an activating group) is 1. The molecule has 0 radical (unpaired) electrons. The average Bonchev–Trinajstić information content (AvgIpc) is 3.24. The van der Waals surface area contributed by atoms with Gasteiger partial charge < -0.3 is 19.9 Å². The van der Waals surface area contributed by atoms with Crippen LogP contribution in [0.3, 0.4) is 0 Å². The molecule has 0 aromatic rings. The van der Waals surface area contributed by atoms with E-state index in [0.29, 0.717) is 6.54 Å². The third-order valence-corrected chi connectivity index (χ3v) is 4.12. The van der Waals surface area contributed by atoms with Crippen molar-refractivity contribution < 1.29 is 14.2 Å². The second-order valence-corrected chi connectivity index (χ2v) is 5.75. The minimum absolute atomic E-state index is 0.139. The molecule has 1 saturated carbocycles. The van der Waals surface area contributed by atoms with Gasteiger partial charge in [0.1, 0.15) is 0 Å². The van der Waals surface area contributed by atoms with E-state index in [2.05, 4.69) is 18.9 Å². The summed E-state index contributed by atoms with van der Waals surface area (Å²) in [6, 6.07) is 0. The smallest absolute Gasteiger partial charge is 0.158 e. The van der Waals surface area contributed by atoms with Crippen molar-refractivity contribution in [3.05, 3.63) is 0 Å². The maximum absolute atomic E-state index is 5.93. The Morgan fingerprint density at radius 3 is 2.42 bits per heavy atom. The third-order valence-electron chi connectivity index (χ3n) is 4.12. The van der Waals surface area contributed by atoms with Gasteiger partial charge in [-0.2, -0.15) is 0 Å². The highest BCUT2D eigenvalue weighted by Gasteiger charge is 2.31. The Morgan fingerprint density at radius 2 is 1.95 bits per heavy atom. The molecule has 0 aliphatic heterocycles. The summed E-state index contributed by atoms with van der Waals surface area (Å²) in [6.07, 6.45) is 3.19. The average molecular weight is 274 g/mol. The minimum Gasteiger partial charge on any atom is -0.380 e. The molecule has 1 atom stereocenters. The molecule has 1 unspecified atom stereocenters. The molecule has 19 heavy (non-hydrogen) atoms. The van der Waals surface area contributed by atoms with Crippen LogP contribution in [0.5, 0.6) is 0 Å². The molecule has 0 aromatic heterocycles. The first-order chi connectivity index (χ1) is 9.05. The summed E-state index contributed by atoms with van der Waals surface area (Å²) in [4.78, 5) is 2.24. The van der Waals surface area contributed by atoms with Crippen LogP contribution in [0, 0.1) is 5.92 Å². The van der Waals surface area contributed by atoms with E-state index in [1.54, 1.807) is 14.2 Å². The predicted molar refractivity (Wildman–Crippen MR) is 76.1 cm³/mol. The van der Waals surface area contributed by atoms with Crippen molar-refractivity contribution >= 4 is 0 Å². The fraction of sp³-hybridized carbons (Fsp3) is 1.00. The molecule has 0 aromatic carbocycles. The largest absolute Gasteiger partial charge is 0.380 e. The number of hydrogen-bond acceptors (Lipinski definition) is 5. The van der Waals surface area contributed by atoms with Crippen molar-refractivity contribution in [1.82, 2.24) is 4.90 Å². The Labute approximate surface area is 117 Å². The van der Waals surface area contributed by atoms with Gasteiger partial charge in [0.2, 0.25) is 0 Å². The number of rotatable bonds is 11. The van der Waals surface area contributed by atoms with Crippen LogP contribution in [0.1, 0.15) is 26.2 Å². The lowest BCUT2D eigenvalue weighted by molar-refractivity contribution is -0.127. The molecule has 0 spiro atoms. The fourth-order valence-electron chi connectivity index (χ4n) is 2.02. The summed E-state index contributed by atoms with van der Waals surface area (Å²) in [6.45, 7) is 5.24. The summed E-state index contributed by atoms with van der Waals surface area (Å²) >= 11 is 0. The number of hydrogen-bond donors (Lipinski definition) is 1. The first-order valence-corrected chi connectivity index (χ1v) is 7.10. The van der Waals surface area contributed by atoms with Gasteiger partial charge >= 0.3 is 0 Å². The van der Waals surface area contributed by atoms with Crippen LogP contribution in [-0.2, 0) is 14.2 Å². The first-order valence-electron chi connectivity index (χ1n) is 7.10. The molecule has 1 rings (SSSR count). The lowest BCUT2D eigenvalue weighted by atomic mass is 9.95. The highest BCUT2D eigenvalue weighted by molar-refractivity contribution is 4.86. The quantitative estimate of drug-likeness (QED) is 0.451. The molecule has 0 saturated heterocycles. The van der Waals surface area contributed by atoms with Crippen molar-refractivity contribution in [2.45, 2.75) is 38.0 Å². The molecule has 1 aliphatic carbocycles. The van der Waals surface area contributed by atoms with Gasteiger partial charge in [-0.05, 0) is 32.7 Å². The highest BCUT2D eigenvalue weighted by Crippen LogP contribution is 2.28. The maximum Gasteiger partial charge on any atom is 0.158 e. The molecular weight excluding hydrogens is 244 g/mol. The van der Waals surface area contributed by atoms with Gasteiger partial charge in [0.05, 0.1) is 6.61 Å². The predicted octanol–water partition coefficient (Wildman–Crippen LogP) is 1.07. The standard InChI is InChI=1S/C14H30N2O3/c1-14(11-15,9-13(17-3)18-4)16(2)7-8-19-10-12-5-6-12/h12-13H,5-11,15H2,1-4H3. The van der Waals surface area contributed by atoms with Crippen LogP contribution in [-0.4, -0.2) is 64.3 Å². The van der Waals surface area contributed by atoms with E-state index in [1.807, 2.05) is 0 Å². The molecule has 0 amide bonds.